The number of rotatable bonds is 2. The van der Waals surface area contributed by atoms with E-state index in [0.717, 1.165) is 24.8 Å². The van der Waals surface area contributed by atoms with Crippen LogP contribution in [0.15, 0.2) is 23.3 Å². The lowest BCUT2D eigenvalue weighted by atomic mass is 9.77. The molecule has 7 nitrogen and oxygen atoms in total. The van der Waals surface area contributed by atoms with Crippen LogP contribution < -0.4 is 11.5 Å². The van der Waals surface area contributed by atoms with Crippen LogP contribution in [0.1, 0.15) is 26.2 Å². The Morgan fingerprint density at radius 3 is 2.57 bits per heavy atom. The average Bonchev–Trinajstić information content (AvgIpc) is 2.50. The number of ketones is 1. The summed E-state index contributed by atoms with van der Waals surface area (Å²) in [4.78, 5) is 26.5. The Hall–Kier alpha value is -1.54. The molecular weight excluding hydrogens is 274 g/mol. The summed E-state index contributed by atoms with van der Waals surface area (Å²) >= 11 is 0. The smallest absolute Gasteiger partial charge is 0.254 e. The molecule has 21 heavy (non-hydrogen) atoms. The Bertz CT molecular complexity index is 485. The summed E-state index contributed by atoms with van der Waals surface area (Å²) in [5.74, 6) is -0.767. The standard InChI is InChI=1S/C14H21N3O2.2H2O/c1-9(15)12(18)14(16)11-6-4-3-5-10(11)7-8-17(2)13(14)19;;/h4,6,9H,3,5,7-8,15-16H2,1-2H3;2*1H2/t9-,14-;;/m0../s1. The van der Waals surface area contributed by atoms with Gasteiger partial charge in [-0.25, -0.2) is 0 Å². The van der Waals surface area contributed by atoms with Crippen LogP contribution in [0.3, 0.4) is 0 Å². The minimum Gasteiger partial charge on any atom is -0.412 e. The summed E-state index contributed by atoms with van der Waals surface area (Å²) in [5.41, 5.74) is 12.1. The highest BCUT2D eigenvalue weighted by Gasteiger charge is 2.49. The van der Waals surface area contributed by atoms with Crippen LogP contribution in [0, 0.1) is 0 Å². The van der Waals surface area contributed by atoms with E-state index in [4.69, 9.17) is 11.5 Å². The van der Waals surface area contributed by atoms with Crippen molar-refractivity contribution in [3.8, 4) is 0 Å². The largest absolute Gasteiger partial charge is 0.412 e. The van der Waals surface area contributed by atoms with Gasteiger partial charge in [0, 0.05) is 13.6 Å². The van der Waals surface area contributed by atoms with E-state index in [9.17, 15) is 9.59 Å². The van der Waals surface area contributed by atoms with Crippen molar-refractivity contribution in [1.29, 1.82) is 0 Å². The van der Waals surface area contributed by atoms with Crippen molar-refractivity contribution in [2.45, 2.75) is 37.8 Å². The van der Waals surface area contributed by atoms with Crippen molar-refractivity contribution in [1.82, 2.24) is 4.90 Å². The maximum atomic E-state index is 12.5. The van der Waals surface area contributed by atoms with Crippen LogP contribution in [0.4, 0.5) is 0 Å². The lowest BCUT2D eigenvalue weighted by molar-refractivity contribution is -0.140. The van der Waals surface area contributed by atoms with Crippen LogP contribution in [0.2, 0.25) is 0 Å². The highest BCUT2D eigenvalue weighted by molar-refractivity contribution is 6.16. The molecule has 2 rings (SSSR count). The molecule has 0 radical (unpaired) electrons. The van der Waals surface area contributed by atoms with Gasteiger partial charge >= 0.3 is 0 Å². The van der Waals surface area contributed by atoms with Gasteiger partial charge in [0.25, 0.3) is 5.91 Å². The molecule has 8 N–H and O–H groups in total. The second-order valence-corrected chi connectivity index (χ2v) is 5.40. The number of Topliss-reactive ketones (excluding diaryl/α,β-unsaturated/α-hetero) is 1. The Labute approximate surface area is 124 Å². The van der Waals surface area contributed by atoms with Crippen molar-refractivity contribution >= 4 is 11.7 Å². The number of likely N-dealkylation sites (N-methyl/N-ethyl adjacent to an activating group) is 1. The fourth-order valence-electron chi connectivity index (χ4n) is 2.80. The predicted molar refractivity (Wildman–Crippen MR) is 80.5 cm³/mol. The summed E-state index contributed by atoms with van der Waals surface area (Å²) in [6.45, 7) is 2.17. The zero-order valence-electron chi connectivity index (χ0n) is 12.5. The molecule has 0 unspecified atom stereocenters. The molecule has 1 heterocycles. The highest BCUT2D eigenvalue weighted by atomic mass is 16.2. The van der Waals surface area contributed by atoms with E-state index in [1.54, 1.807) is 14.0 Å². The van der Waals surface area contributed by atoms with Gasteiger partial charge in [0.1, 0.15) is 0 Å². The molecular formula is C14H25N3O4. The van der Waals surface area contributed by atoms with Gasteiger partial charge in [-0.3, -0.25) is 9.59 Å². The highest BCUT2D eigenvalue weighted by Crippen LogP contribution is 2.33. The molecule has 0 spiro atoms. The number of carbonyl (C=O) groups excluding carboxylic acids is 2. The summed E-state index contributed by atoms with van der Waals surface area (Å²) in [6.07, 6.45) is 6.36. The third-order valence-corrected chi connectivity index (χ3v) is 3.94. The normalized spacial score (nSPS) is 26.3. The molecule has 2 aliphatic rings. The predicted octanol–water partition coefficient (Wildman–Crippen LogP) is -1.54. The van der Waals surface area contributed by atoms with E-state index in [-0.39, 0.29) is 16.9 Å². The Morgan fingerprint density at radius 1 is 1.38 bits per heavy atom. The molecule has 0 fully saturated rings. The summed E-state index contributed by atoms with van der Waals surface area (Å²) in [7, 11) is 1.68. The minimum absolute atomic E-state index is 0. The zero-order valence-corrected chi connectivity index (χ0v) is 12.5. The second-order valence-electron chi connectivity index (χ2n) is 5.40. The average molecular weight is 299 g/mol. The zero-order chi connectivity index (χ0) is 14.2. The summed E-state index contributed by atoms with van der Waals surface area (Å²) < 4.78 is 0. The van der Waals surface area contributed by atoms with Gasteiger partial charge in [0.15, 0.2) is 11.3 Å². The first-order chi connectivity index (χ1) is 8.89. The number of allylic oxidation sites excluding steroid dienone is 1. The first-order valence-electron chi connectivity index (χ1n) is 6.62. The van der Waals surface area contributed by atoms with Gasteiger partial charge in [-0.1, -0.05) is 17.7 Å². The van der Waals surface area contributed by atoms with Crippen LogP contribution in [0.25, 0.3) is 0 Å². The lowest BCUT2D eigenvalue weighted by Gasteiger charge is -2.32. The fourth-order valence-corrected chi connectivity index (χ4v) is 2.80. The molecule has 0 saturated heterocycles. The maximum Gasteiger partial charge on any atom is 0.254 e. The molecule has 0 bridgehead atoms. The number of hydrogen-bond donors (Lipinski definition) is 2. The molecule has 1 amide bonds. The van der Waals surface area contributed by atoms with Crippen molar-refractivity contribution in [3.05, 3.63) is 23.3 Å². The molecule has 0 aromatic heterocycles. The minimum atomic E-state index is -1.62. The van der Waals surface area contributed by atoms with Gasteiger partial charge < -0.3 is 27.3 Å². The first kappa shape index (κ1) is 19.5. The maximum absolute atomic E-state index is 12.5. The molecule has 0 saturated carbocycles. The molecule has 0 aromatic rings. The molecule has 0 aromatic carbocycles. The summed E-state index contributed by atoms with van der Waals surface area (Å²) in [5, 5.41) is 0. The lowest BCUT2D eigenvalue weighted by Crippen LogP contribution is -2.63. The number of nitrogens with zero attached hydrogens (tertiary/aromatic N) is 1. The Morgan fingerprint density at radius 2 is 2.00 bits per heavy atom. The topological polar surface area (TPSA) is 152 Å². The van der Waals surface area contributed by atoms with Crippen LogP contribution >= 0.6 is 0 Å². The third kappa shape index (κ3) is 3.06. The molecule has 1 aliphatic heterocycles. The Balaban J connectivity index is 0.00000200. The molecule has 2 atom stereocenters. The van der Waals surface area contributed by atoms with Crippen LogP contribution in [0.5, 0.6) is 0 Å². The fraction of sp³-hybridized carbons (Fsp3) is 0.571. The molecule has 1 aliphatic carbocycles. The van der Waals surface area contributed by atoms with Crippen molar-refractivity contribution < 1.29 is 20.5 Å². The monoisotopic (exact) mass is 299 g/mol. The van der Waals surface area contributed by atoms with E-state index in [2.05, 4.69) is 0 Å². The molecule has 120 valence electrons. The number of amides is 1. The molecule has 7 heteroatoms. The van der Waals surface area contributed by atoms with Gasteiger partial charge in [-0.05, 0) is 31.8 Å². The number of carbonyl (C=O) groups is 2. The van der Waals surface area contributed by atoms with Gasteiger partial charge in [-0.2, -0.15) is 0 Å². The van der Waals surface area contributed by atoms with Gasteiger partial charge in [0.05, 0.1) is 6.04 Å². The second kappa shape index (κ2) is 6.95. The van der Waals surface area contributed by atoms with Crippen molar-refractivity contribution in [3.63, 3.8) is 0 Å². The van der Waals surface area contributed by atoms with E-state index in [0.29, 0.717) is 12.1 Å². The quantitative estimate of drug-likeness (QED) is 0.593. The van der Waals surface area contributed by atoms with Crippen LogP contribution in [-0.4, -0.2) is 52.7 Å². The SMILES string of the molecule is C[C@H](N)C(=O)[C@]1(N)C(=O)N(C)CCC2=C1C=CCC2.O.O. The van der Waals surface area contributed by atoms with E-state index in [1.165, 1.54) is 4.90 Å². The van der Waals surface area contributed by atoms with E-state index < -0.39 is 17.4 Å². The number of nitrogens with two attached hydrogens (primary N) is 2. The van der Waals surface area contributed by atoms with E-state index in [1.807, 2.05) is 12.2 Å². The summed E-state index contributed by atoms with van der Waals surface area (Å²) in [6, 6.07) is -0.760. The Kier molecular flexibility index (Phi) is 6.44. The van der Waals surface area contributed by atoms with Crippen molar-refractivity contribution in [2.75, 3.05) is 13.6 Å². The van der Waals surface area contributed by atoms with Gasteiger partial charge in [-0.15, -0.1) is 0 Å². The first-order valence-corrected chi connectivity index (χ1v) is 6.62. The third-order valence-electron chi connectivity index (χ3n) is 3.94. The van der Waals surface area contributed by atoms with Crippen LogP contribution in [-0.2, 0) is 9.59 Å². The van der Waals surface area contributed by atoms with Crippen molar-refractivity contribution in [2.24, 2.45) is 11.5 Å². The number of hydrogen-bond acceptors (Lipinski definition) is 4. The van der Waals surface area contributed by atoms with E-state index >= 15 is 0 Å². The van der Waals surface area contributed by atoms with Gasteiger partial charge in [0.2, 0.25) is 0 Å².